The number of piperidine rings is 1. The zero-order valence-electron chi connectivity index (χ0n) is 22.2. The first-order valence-electron chi connectivity index (χ1n) is 13.2. The number of hydrogen-bond donors (Lipinski definition) is 0. The number of aromatic nitrogens is 2. The van der Waals surface area contributed by atoms with Gasteiger partial charge in [-0.25, -0.2) is 18.2 Å². The number of esters is 1. The molecule has 5 rings (SSSR count). The van der Waals surface area contributed by atoms with E-state index < -0.39 is 16.0 Å². The third kappa shape index (κ3) is 5.31. The van der Waals surface area contributed by atoms with Crippen molar-refractivity contribution in [2.75, 3.05) is 27.3 Å². The Morgan fingerprint density at radius 1 is 1.08 bits per heavy atom. The molecule has 1 aliphatic carbocycles. The Hall–Kier alpha value is -2.56. The van der Waals surface area contributed by atoms with E-state index in [0.717, 1.165) is 41.9 Å². The molecule has 2 aromatic carbocycles. The minimum atomic E-state index is -3.56. The van der Waals surface area contributed by atoms with Crippen LogP contribution in [0.5, 0.6) is 5.75 Å². The molecule has 0 bridgehead atoms. The van der Waals surface area contributed by atoms with Crippen LogP contribution in [0.1, 0.15) is 67.4 Å². The van der Waals surface area contributed by atoms with Crippen LogP contribution in [0.3, 0.4) is 0 Å². The predicted octanol–water partition coefficient (Wildman–Crippen LogP) is 5.66. The lowest BCUT2D eigenvalue weighted by Gasteiger charge is -2.30. The van der Waals surface area contributed by atoms with Crippen molar-refractivity contribution in [2.45, 2.75) is 67.3 Å². The largest absolute Gasteiger partial charge is 0.496 e. The summed E-state index contributed by atoms with van der Waals surface area (Å²) in [5.74, 6) is 1.17. The maximum Gasteiger partial charge on any atom is 0.337 e. The van der Waals surface area contributed by atoms with Gasteiger partial charge in [-0.05, 0) is 61.9 Å². The van der Waals surface area contributed by atoms with E-state index >= 15 is 0 Å². The number of carbonyl (C=O) groups is 1. The number of fused-ring (bicyclic) bond motifs is 1. The van der Waals surface area contributed by atoms with Crippen LogP contribution < -0.4 is 4.74 Å². The topological polar surface area (TPSA) is 90.7 Å². The minimum absolute atomic E-state index is 0.312. The van der Waals surface area contributed by atoms with Crippen LogP contribution in [-0.2, 0) is 20.5 Å². The van der Waals surface area contributed by atoms with Crippen LogP contribution in [0.25, 0.3) is 11.0 Å². The number of methoxy groups -OCH3 is 2. The molecule has 1 saturated heterocycles. The average Bonchev–Trinajstić information content (AvgIpc) is 3.58. The molecule has 3 aromatic rings. The minimum Gasteiger partial charge on any atom is -0.496 e. The quantitative estimate of drug-likeness (QED) is 0.261. The molecule has 8 nitrogen and oxygen atoms in total. The van der Waals surface area contributed by atoms with Crippen molar-refractivity contribution in [3.05, 3.63) is 47.5 Å². The van der Waals surface area contributed by atoms with Crippen LogP contribution in [0.4, 0.5) is 0 Å². The van der Waals surface area contributed by atoms with Crippen LogP contribution in [-0.4, -0.2) is 55.6 Å². The van der Waals surface area contributed by atoms with Crippen molar-refractivity contribution >= 4 is 38.8 Å². The fourth-order valence-corrected chi connectivity index (χ4v) is 8.29. The summed E-state index contributed by atoms with van der Waals surface area (Å²) in [6, 6.07) is 11.1. The highest BCUT2D eigenvalue weighted by Crippen LogP contribution is 2.39. The molecule has 0 amide bonds. The van der Waals surface area contributed by atoms with E-state index in [4.69, 9.17) is 14.5 Å². The van der Waals surface area contributed by atoms with E-state index in [1.165, 1.54) is 20.0 Å². The molecule has 2 fully saturated rings. The smallest absolute Gasteiger partial charge is 0.337 e. The van der Waals surface area contributed by atoms with Gasteiger partial charge in [0.05, 0.1) is 35.7 Å². The summed E-state index contributed by atoms with van der Waals surface area (Å²) in [4.78, 5) is 17.2. The summed E-state index contributed by atoms with van der Waals surface area (Å²) in [5, 5.41) is 0.868. The molecule has 0 unspecified atom stereocenters. The Morgan fingerprint density at radius 3 is 2.58 bits per heavy atom. The van der Waals surface area contributed by atoms with Gasteiger partial charge in [0, 0.05) is 30.4 Å². The molecule has 1 aliphatic heterocycles. The highest BCUT2D eigenvalue weighted by Gasteiger charge is 2.30. The van der Waals surface area contributed by atoms with Crippen molar-refractivity contribution in [3.8, 4) is 5.75 Å². The number of carbonyl (C=O) groups excluding carboxylic acids is 1. The first kappa shape index (κ1) is 27.0. The van der Waals surface area contributed by atoms with E-state index in [1.54, 1.807) is 47.4 Å². The first-order valence-corrected chi connectivity index (χ1v) is 15.6. The van der Waals surface area contributed by atoms with Gasteiger partial charge in [0.25, 0.3) is 0 Å². The molecule has 10 heteroatoms. The summed E-state index contributed by atoms with van der Waals surface area (Å²) < 4.78 is 41.2. The highest BCUT2D eigenvalue weighted by molar-refractivity contribution is 7.98. The number of benzene rings is 2. The van der Waals surface area contributed by atoms with Gasteiger partial charge < -0.3 is 14.0 Å². The Bertz CT molecular complexity index is 1430. The van der Waals surface area contributed by atoms with Gasteiger partial charge in [-0.15, -0.1) is 0 Å². The van der Waals surface area contributed by atoms with Crippen LogP contribution in [0.15, 0.2) is 46.5 Å². The number of nitrogens with zero attached hydrogens (tertiary/aromatic N) is 3. The van der Waals surface area contributed by atoms with E-state index in [-0.39, 0.29) is 0 Å². The van der Waals surface area contributed by atoms with Crippen molar-refractivity contribution < 1.29 is 22.7 Å². The molecule has 204 valence electrons. The number of sulfonamides is 1. The lowest BCUT2D eigenvalue weighted by molar-refractivity contribution is 0.0600. The summed E-state index contributed by atoms with van der Waals surface area (Å²) in [6.07, 6.45) is 6.48. The second kappa shape index (κ2) is 11.3. The van der Waals surface area contributed by atoms with Gasteiger partial charge in [-0.1, -0.05) is 37.6 Å². The zero-order valence-corrected chi connectivity index (χ0v) is 23.8. The lowest BCUT2D eigenvalue weighted by atomic mass is 10.0. The maximum absolute atomic E-state index is 13.4. The molecule has 38 heavy (non-hydrogen) atoms. The number of ether oxygens (including phenoxy) is 2. The zero-order chi connectivity index (χ0) is 26.9. The Balaban J connectivity index is 1.47. The molecular formula is C28H35N3O5S2. The molecule has 2 aliphatic rings. The Labute approximate surface area is 228 Å². The predicted molar refractivity (Wildman–Crippen MR) is 148 cm³/mol. The second-order valence-corrected chi connectivity index (χ2v) is 13.2. The number of imidazole rings is 1. The molecule has 0 N–H and O–H groups in total. The van der Waals surface area contributed by atoms with E-state index in [1.807, 2.05) is 12.1 Å². The fourth-order valence-electron chi connectivity index (χ4n) is 5.60. The molecule has 1 atom stereocenters. The van der Waals surface area contributed by atoms with E-state index in [9.17, 15) is 13.2 Å². The first-order chi connectivity index (χ1) is 18.3. The standard InChI is InChI=1S/C28H35N3O5S2/c1-19-7-6-14-30(17-19)38(33,34)23-12-13-25-24(16-23)29-28(31(25)22-8-4-5-9-22)37-18-21-11-10-20(27(32)36-3)15-26(21)35-2/h10-13,15-16,19,22H,4-9,14,17-18H2,1-3H3/t19-/m1/s1. The molecule has 0 spiro atoms. The number of hydrogen-bond acceptors (Lipinski definition) is 7. The molecule has 1 saturated carbocycles. The summed E-state index contributed by atoms with van der Waals surface area (Å²) in [7, 11) is -0.620. The van der Waals surface area contributed by atoms with Crippen molar-refractivity contribution in [2.24, 2.45) is 5.92 Å². The third-order valence-electron chi connectivity index (χ3n) is 7.64. The SMILES string of the molecule is COC(=O)c1ccc(CSc2nc3cc(S(=O)(=O)N4CCC[C@@H](C)C4)ccc3n2C2CCCC2)c(OC)c1. The monoisotopic (exact) mass is 557 g/mol. The third-order valence-corrected chi connectivity index (χ3v) is 10.5. The normalized spacial score (nSPS) is 19.2. The van der Waals surface area contributed by atoms with Crippen LogP contribution in [0.2, 0.25) is 0 Å². The summed E-state index contributed by atoms with van der Waals surface area (Å²) in [6.45, 7) is 3.24. The van der Waals surface area contributed by atoms with Crippen LogP contribution >= 0.6 is 11.8 Å². The fraction of sp³-hybridized carbons (Fsp3) is 0.500. The summed E-state index contributed by atoms with van der Waals surface area (Å²) >= 11 is 1.60. The molecule has 2 heterocycles. The Kier molecular flexibility index (Phi) is 8.02. The highest BCUT2D eigenvalue weighted by atomic mass is 32.2. The van der Waals surface area contributed by atoms with E-state index in [0.29, 0.717) is 52.5 Å². The van der Waals surface area contributed by atoms with Gasteiger partial charge in [-0.2, -0.15) is 4.31 Å². The number of thioether (sulfide) groups is 1. The van der Waals surface area contributed by atoms with Gasteiger partial charge in [0.2, 0.25) is 10.0 Å². The van der Waals surface area contributed by atoms with Crippen molar-refractivity contribution in [1.29, 1.82) is 0 Å². The van der Waals surface area contributed by atoms with Crippen molar-refractivity contribution in [1.82, 2.24) is 13.9 Å². The Morgan fingerprint density at radius 2 is 1.87 bits per heavy atom. The van der Waals surface area contributed by atoms with Gasteiger partial charge >= 0.3 is 5.97 Å². The average molecular weight is 558 g/mol. The van der Waals surface area contributed by atoms with Gasteiger partial charge in [0.15, 0.2) is 5.16 Å². The summed E-state index contributed by atoms with van der Waals surface area (Å²) in [5.41, 5.74) is 3.06. The van der Waals surface area contributed by atoms with Crippen LogP contribution in [0, 0.1) is 5.92 Å². The second-order valence-electron chi connectivity index (χ2n) is 10.3. The molecule has 0 radical (unpaired) electrons. The number of rotatable bonds is 8. The van der Waals surface area contributed by atoms with E-state index in [2.05, 4.69) is 11.5 Å². The maximum atomic E-state index is 13.4. The molecule has 1 aromatic heterocycles. The van der Waals surface area contributed by atoms with Gasteiger partial charge in [-0.3, -0.25) is 0 Å². The lowest BCUT2D eigenvalue weighted by Crippen LogP contribution is -2.39. The molecular weight excluding hydrogens is 522 g/mol. The van der Waals surface area contributed by atoms with Gasteiger partial charge in [0.1, 0.15) is 5.75 Å². The van der Waals surface area contributed by atoms with Crippen molar-refractivity contribution in [3.63, 3.8) is 0 Å².